The molecule has 0 aromatic heterocycles. The molecule has 2 aromatic carbocycles. The number of methoxy groups -OCH3 is 2. The van der Waals surface area contributed by atoms with Crippen molar-refractivity contribution in [3.05, 3.63) is 48.0 Å². The molecule has 0 saturated heterocycles. The normalized spacial score (nSPS) is 13.2. The van der Waals surface area contributed by atoms with Crippen molar-refractivity contribution in [2.24, 2.45) is 0 Å². The van der Waals surface area contributed by atoms with Crippen LogP contribution >= 0.6 is 0 Å². The van der Waals surface area contributed by atoms with Crippen LogP contribution in [0.5, 0.6) is 11.5 Å². The van der Waals surface area contributed by atoms with E-state index >= 15 is 0 Å². The van der Waals surface area contributed by atoms with Crippen LogP contribution in [0.15, 0.2) is 42.5 Å². The van der Waals surface area contributed by atoms with E-state index in [4.69, 9.17) is 9.47 Å². The second kappa shape index (κ2) is 7.25. The molecule has 1 N–H and O–H groups in total. The highest BCUT2D eigenvalue weighted by atomic mass is 16.5. The summed E-state index contributed by atoms with van der Waals surface area (Å²) in [6.07, 6.45) is 1.13. The zero-order chi connectivity index (χ0) is 17.8. The van der Waals surface area contributed by atoms with Crippen LogP contribution in [0.25, 0.3) is 0 Å². The molecule has 25 heavy (non-hydrogen) atoms. The predicted molar refractivity (Wildman–Crippen MR) is 95.3 cm³/mol. The van der Waals surface area contributed by atoms with Crippen molar-refractivity contribution in [1.29, 1.82) is 0 Å². The molecule has 0 saturated carbocycles. The van der Waals surface area contributed by atoms with Crippen LogP contribution in [0.3, 0.4) is 0 Å². The smallest absolute Gasteiger partial charge is 0.244 e. The summed E-state index contributed by atoms with van der Waals surface area (Å²) in [4.78, 5) is 26.2. The van der Waals surface area contributed by atoms with Gasteiger partial charge in [-0.15, -0.1) is 0 Å². The van der Waals surface area contributed by atoms with E-state index in [1.54, 1.807) is 25.3 Å². The average Bonchev–Trinajstić information content (AvgIpc) is 2.64. The molecule has 0 bridgehead atoms. The molecule has 6 nitrogen and oxygen atoms in total. The van der Waals surface area contributed by atoms with Crippen molar-refractivity contribution < 1.29 is 19.1 Å². The third-order valence-electron chi connectivity index (χ3n) is 4.16. The Labute approximate surface area is 146 Å². The Morgan fingerprint density at radius 1 is 1.08 bits per heavy atom. The molecule has 2 aromatic rings. The largest absolute Gasteiger partial charge is 0.493 e. The molecule has 0 unspecified atom stereocenters. The second-order valence-electron chi connectivity index (χ2n) is 5.73. The summed E-state index contributed by atoms with van der Waals surface area (Å²) in [7, 11) is 3.09. The van der Waals surface area contributed by atoms with Gasteiger partial charge in [-0.2, -0.15) is 0 Å². The standard InChI is InChI=1S/C19H20N2O4/c1-24-16-9-8-14(11-17(16)25-2)20-18(22)12-21-15-6-4-3-5-13(15)7-10-19(21)23/h3-6,8-9,11H,7,10,12H2,1-2H3,(H,20,22). The average molecular weight is 340 g/mol. The Hall–Kier alpha value is -3.02. The zero-order valence-electron chi connectivity index (χ0n) is 14.2. The predicted octanol–water partition coefficient (Wildman–Crippen LogP) is 2.62. The van der Waals surface area contributed by atoms with Crippen LogP contribution in [0, 0.1) is 0 Å². The quantitative estimate of drug-likeness (QED) is 0.908. The highest BCUT2D eigenvalue weighted by Gasteiger charge is 2.25. The van der Waals surface area contributed by atoms with E-state index in [1.165, 1.54) is 12.0 Å². The summed E-state index contributed by atoms with van der Waals surface area (Å²) in [5.74, 6) is 0.804. The lowest BCUT2D eigenvalue weighted by atomic mass is 10.0. The highest BCUT2D eigenvalue weighted by molar-refractivity contribution is 6.04. The highest BCUT2D eigenvalue weighted by Crippen LogP contribution is 2.30. The van der Waals surface area contributed by atoms with Crippen LogP contribution in [0.1, 0.15) is 12.0 Å². The van der Waals surface area contributed by atoms with Gasteiger partial charge in [-0.3, -0.25) is 9.59 Å². The molecule has 0 fully saturated rings. The summed E-state index contributed by atoms with van der Waals surface area (Å²) in [6, 6.07) is 12.8. The van der Waals surface area contributed by atoms with Crippen LogP contribution < -0.4 is 19.7 Å². The van der Waals surface area contributed by atoms with Gasteiger partial charge in [0.05, 0.1) is 14.2 Å². The van der Waals surface area contributed by atoms with Gasteiger partial charge in [0.25, 0.3) is 0 Å². The van der Waals surface area contributed by atoms with Gasteiger partial charge in [-0.25, -0.2) is 0 Å². The lowest BCUT2D eigenvalue weighted by Gasteiger charge is -2.28. The molecule has 130 valence electrons. The first-order valence-electron chi connectivity index (χ1n) is 8.02. The lowest BCUT2D eigenvalue weighted by Crippen LogP contribution is -2.40. The lowest BCUT2D eigenvalue weighted by molar-refractivity contribution is -0.121. The van der Waals surface area contributed by atoms with Crippen LogP contribution in [-0.4, -0.2) is 32.6 Å². The fourth-order valence-corrected chi connectivity index (χ4v) is 2.93. The number of fused-ring (bicyclic) bond motifs is 1. The number of benzene rings is 2. The maximum Gasteiger partial charge on any atom is 0.244 e. The number of anilines is 2. The summed E-state index contributed by atoms with van der Waals surface area (Å²) < 4.78 is 10.4. The van der Waals surface area contributed by atoms with Crippen molar-refractivity contribution >= 4 is 23.2 Å². The Kier molecular flexibility index (Phi) is 4.88. The van der Waals surface area contributed by atoms with Gasteiger partial charge in [-0.05, 0) is 30.2 Å². The summed E-state index contributed by atoms with van der Waals surface area (Å²) in [5, 5.41) is 2.80. The van der Waals surface area contributed by atoms with Crippen molar-refractivity contribution in [2.45, 2.75) is 12.8 Å². The van der Waals surface area contributed by atoms with Gasteiger partial charge in [0.1, 0.15) is 6.54 Å². The number of amides is 2. The number of carbonyl (C=O) groups is 2. The number of nitrogens with one attached hydrogen (secondary N) is 1. The summed E-state index contributed by atoms with van der Waals surface area (Å²) in [6.45, 7) is -0.0236. The SMILES string of the molecule is COc1ccc(NC(=O)CN2C(=O)CCc3ccccc32)cc1OC. The zero-order valence-corrected chi connectivity index (χ0v) is 14.2. The van der Waals surface area contributed by atoms with Gasteiger partial charge in [0.15, 0.2) is 11.5 Å². The first kappa shape index (κ1) is 16.8. The fraction of sp³-hybridized carbons (Fsp3) is 0.263. The number of ether oxygens (including phenoxy) is 2. The van der Waals surface area contributed by atoms with Crippen molar-refractivity contribution in [2.75, 3.05) is 31.0 Å². The molecular formula is C19H20N2O4. The first-order valence-corrected chi connectivity index (χ1v) is 8.02. The van der Waals surface area contributed by atoms with Gasteiger partial charge in [-0.1, -0.05) is 18.2 Å². The van der Waals surface area contributed by atoms with Crippen molar-refractivity contribution in [3.8, 4) is 11.5 Å². The number of hydrogen-bond donors (Lipinski definition) is 1. The molecule has 0 spiro atoms. The number of hydrogen-bond acceptors (Lipinski definition) is 4. The van der Waals surface area contributed by atoms with Crippen molar-refractivity contribution in [3.63, 3.8) is 0 Å². The Morgan fingerprint density at radius 3 is 2.60 bits per heavy atom. The number of aryl methyl sites for hydroxylation is 1. The number of carbonyl (C=O) groups excluding carboxylic acids is 2. The van der Waals surface area contributed by atoms with E-state index in [0.717, 1.165) is 11.3 Å². The topological polar surface area (TPSA) is 67.9 Å². The van der Waals surface area contributed by atoms with E-state index in [0.29, 0.717) is 30.0 Å². The third kappa shape index (κ3) is 3.57. The Bertz CT molecular complexity index is 804. The fourth-order valence-electron chi connectivity index (χ4n) is 2.93. The molecule has 6 heteroatoms. The maximum absolute atomic E-state index is 12.4. The second-order valence-corrected chi connectivity index (χ2v) is 5.73. The Morgan fingerprint density at radius 2 is 1.84 bits per heavy atom. The first-order chi connectivity index (χ1) is 12.1. The van der Waals surface area contributed by atoms with Crippen LogP contribution in [0.2, 0.25) is 0 Å². The molecule has 1 aliphatic rings. The molecule has 3 rings (SSSR count). The maximum atomic E-state index is 12.4. The van der Waals surface area contributed by atoms with E-state index in [9.17, 15) is 9.59 Å². The van der Waals surface area contributed by atoms with Gasteiger partial charge < -0.3 is 19.7 Å². The molecular weight excluding hydrogens is 320 g/mol. The molecule has 2 amide bonds. The number of para-hydroxylation sites is 1. The van der Waals surface area contributed by atoms with Crippen molar-refractivity contribution in [1.82, 2.24) is 0 Å². The number of nitrogens with zero attached hydrogens (tertiary/aromatic N) is 1. The minimum atomic E-state index is -0.266. The Balaban J connectivity index is 1.74. The van der Waals surface area contributed by atoms with E-state index < -0.39 is 0 Å². The minimum absolute atomic E-state index is 0.0236. The molecule has 1 aliphatic heterocycles. The molecule has 0 radical (unpaired) electrons. The van der Waals surface area contributed by atoms with Gasteiger partial charge in [0.2, 0.25) is 11.8 Å². The monoisotopic (exact) mass is 340 g/mol. The number of rotatable bonds is 5. The van der Waals surface area contributed by atoms with Crippen LogP contribution in [0.4, 0.5) is 11.4 Å². The van der Waals surface area contributed by atoms with Gasteiger partial charge >= 0.3 is 0 Å². The summed E-state index contributed by atoms with van der Waals surface area (Å²) >= 11 is 0. The molecule has 0 aliphatic carbocycles. The summed E-state index contributed by atoms with van der Waals surface area (Å²) in [5.41, 5.74) is 2.47. The van der Waals surface area contributed by atoms with E-state index in [-0.39, 0.29) is 18.4 Å². The third-order valence-corrected chi connectivity index (χ3v) is 4.16. The van der Waals surface area contributed by atoms with Crippen LogP contribution in [-0.2, 0) is 16.0 Å². The van der Waals surface area contributed by atoms with E-state index in [2.05, 4.69) is 5.32 Å². The molecule has 0 atom stereocenters. The minimum Gasteiger partial charge on any atom is -0.493 e. The molecule has 1 heterocycles. The van der Waals surface area contributed by atoms with E-state index in [1.807, 2.05) is 24.3 Å². The van der Waals surface area contributed by atoms with Gasteiger partial charge in [0, 0.05) is 23.9 Å².